The molecule has 2 unspecified atom stereocenters. The predicted octanol–water partition coefficient (Wildman–Crippen LogP) is 2.44. The molecule has 0 spiro atoms. The first-order chi connectivity index (χ1) is 10.5. The van der Waals surface area contributed by atoms with Crippen molar-refractivity contribution in [3.63, 3.8) is 0 Å². The van der Waals surface area contributed by atoms with Crippen molar-refractivity contribution >= 4 is 10.0 Å². The molecular formula is C16H24N2O3S. The van der Waals surface area contributed by atoms with Gasteiger partial charge in [0.25, 0.3) is 0 Å². The van der Waals surface area contributed by atoms with Crippen LogP contribution in [0, 0.1) is 5.92 Å². The molecule has 3 heterocycles. The van der Waals surface area contributed by atoms with Gasteiger partial charge in [0, 0.05) is 37.2 Å². The lowest BCUT2D eigenvalue weighted by Gasteiger charge is -2.38. The summed E-state index contributed by atoms with van der Waals surface area (Å²) in [5, 5.41) is 0. The van der Waals surface area contributed by atoms with Gasteiger partial charge >= 0.3 is 0 Å². The van der Waals surface area contributed by atoms with Crippen molar-refractivity contribution < 1.29 is 13.2 Å². The summed E-state index contributed by atoms with van der Waals surface area (Å²) < 4.78 is 32.9. The number of hydrogen-bond acceptors (Lipinski definition) is 4. The Bertz CT molecular complexity index is 589. The third-order valence-corrected chi connectivity index (χ3v) is 6.74. The lowest BCUT2D eigenvalue weighted by molar-refractivity contribution is 0.0917. The fourth-order valence-corrected chi connectivity index (χ4v) is 6.04. The fraction of sp³-hybridized carbons (Fsp3) is 0.688. The van der Waals surface area contributed by atoms with Gasteiger partial charge in [-0.1, -0.05) is 19.9 Å². The number of piperidine rings is 1. The summed E-state index contributed by atoms with van der Waals surface area (Å²) in [6, 6.07) is 5.80. The largest absolute Gasteiger partial charge is 0.474 e. The molecule has 1 aromatic heterocycles. The Morgan fingerprint density at radius 3 is 2.50 bits per heavy atom. The smallest absolute Gasteiger partial charge is 0.214 e. The number of fused-ring (bicyclic) bond motifs is 2. The van der Waals surface area contributed by atoms with E-state index in [0.29, 0.717) is 5.88 Å². The maximum Gasteiger partial charge on any atom is 0.214 e. The van der Waals surface area contributed by atoms with E-state index in [1.807, 2.05) is 32.0 Å². The number of pyridine rings is 1. The zero-order valence-corrected chi connectivity index (χ0v) is 14.0. The number of ether oxygens (including phenoxy) is 1. The van der Waals surface area contributed by atoms with Gasteiger partial charge in [-0.3, -0.25) is 0 Å². The summed E-state index contributed by atoms with van der Waals surface area (Å²) >= 11 is 0. The number of nitrogens with zero attached hydrogens (tertiary/aromatic N) is 2. The van der Waals surface area contributed by atoms with Crippen LogP contribution in [0.25, 0.3) is 0 Å². The zero-order valence-electron chi connectivity index (χ0n) is 13.2. The lowest BCUT2D eigenvalue weighted by atomic mass is 10.0. The van der Waals surface area contributed by atoms with Gasteiger partial charge in [-0.05, 0) is 24.8 Å². The van der Waals surface area contributed by atoms with Crippen LogP contribution >= 0.6 is 0 Å². The van der Waals surface area contributed by atoms with Crippen LogP contribution in [0.15, 0.2) is 24.4 Å². The van der Waals surface area contributed by atoms with E-state index >= 15 is 0 Å². The van der Waals surface area contributed by atoms with E-state index in [1.54, 1.807) is 10.5 Å². The van der Waals surface area contributed by atoms with Crippen LogP contribution in [-0.4, -0.2) is 41.6 Å². The van der Waals surface area contributed by atoms with E-state index in [2.05, 4.69) is 4.98 Å². The van der Waals surface area contributed by atoms with Crippen molar-refractivity contribution in [2.45, 2.75) is 57.7 Å². The van der Waals surface area contributed by atoms with Crippen LogP contribution in [0.1, 0.15) is 39.5 Å². The van der Waals surface area contributed by atoms with Crippen molar-refractivity contribution in [1.29, 1.82) is 0 Å². The second-order valence-electron chi connectivity index (χ2n) is 6.77. The highest BCUT2D eigenvalue weighted by Gasteiger charge is 2.47. The Labute approximate surface area is 132 Å². The van der Waals surface area contributed by atoms with Gasteiger partial charge in [0.15, 0.2) is 0 Å². The molecule has 5 nitrogen and oxygen atoms in total. The molecule has 2 saturated heterocycles. The minimum Gasteiger partial charge on any atom is -0.474 e. The Morgan fingerprint density at radius 2 is 1.95 bits per heavy atom. The van der Waals surface area contributed by atoms with Gasteiger partial charge in [0.1, 0.15) is 6.10 Å². The monoisotopic (exact) mass is 324 g/mol. The average molecular weight is 324 g/mol. The van der Waals surface area contributed by atoms with Crippen molar-refractivity contribution in [1.82, 2.24) is 9.29 Å². The van der Waals surface area contributed by atoms with Crippen LogP contribution in [0.3, 0.4) is 0 Å². The molecule has 2 aliphatic heterocycles. The van der Waals surface area contributed by atoms with Gasteiger partial charge < -0.3 is 4.74 Å². The predicted molar refractivity (Wildman–Crippen MR) is 85.2 cm³/mol. The molecule has 122 valence electrons. The second-order valence-corrected chi connectivity index (χ2v) is 8.69. The molecule has 2 atom stereocenters. The van der Waals surface area contributed by atoms with E-state index in [0.717, 1.165) is 25.7 Å². The molecule has 2 bridgehead atoms. The standard InChI is InChI=1S/C16H24N2O3S/c1-12(2)11-22(19,20)18-13-6-7-14(18)10-15(9-13)21-16-5-3-4-8-17-16/h3-5,8,12-15H,6-7,9-11H2,1-2H3. The summed E-state index contributed by atoms with van der Waals surface area (Å²) in [5.41, 5.74) is 0. The maximum absolute atomic E-state index is 12.6. The van der Waals surface area contributed by atoms with Crippen LogP contribution in [0.2, 0.25) is 0 Å². The summed E-state index contributed by atoms with van der Waals surface area (Å²) in [6.45, 7) is 3.91. The molecule has 0 aromatic carbocycles. The van der Waals surface area contributed by atoms with Crippen molar-refractivity contribution in [2.24, 2.45) is 5.92 Å². The van der Waals surface area contributed by atoms with Crippen LogP contribution in [0.4, 0.5) is 0 Å². The SMILES string of the molecule is CC(C)CS(=O)(=O)N1C2CCC1CC(Oc1ccccn1)C2. The van der Waals surface area contributed by atoms with Crippen molar-refractivity contribution in [2.75, 3.05) is 5.75 Å². The summed E-state index contributed by atoms with van der Waals surface area (Å²) in [5.74, 6) is 1.03. The first kappa shape index (κ1) is 15.7. The molecule has 2 aliphatic rings. The quantitative estimate of drug-likeness (QED) is 0.835. The van der Waals surface area contributed by atoms with Crippen LogP contribution in [-0.2, 0) is 10.0 Å². The minimum absolute atomic E-state index is 0.0675. The molecule has 0 radical (unpaired) electrons. The minimum atomic E-state index is -3.15. The highest BCUT2D eigenvalue weighted by Crippen LogP contribution is 2.39. The van der Waals surface area contributed by atoms with Gasteiger partial charge in [-0.2, -0.15) is 4.31 Å². The molecule has 3 rings (SSSR count). The van der Waals surface area contributed by atoms with Gasteiger partial charge in [-0.15, -0.1) is 0 Å². The van der Waals surface area contributed by atoms with E-state index in [9.17, 15) is 8.42 Å². The zero-order chi connectivity index (χ0) is 15.7. The highest BCUT2D eigenvalue weighted by molar-refractivity contribution is 7.89. The number of rotatable bonds is 5. The maximum atomic E-state index is 12.6. The molecule has 6 heteroatoms. The normalized spacial score (nSPS) is 29.0. The van der Waals surface area contributed by atoms with Crippen molar-refractivity contribution in [3.8, 4) is 5.88 Å². The summed E-state index contributed by atoms with van der Waals surface area (Å²) in [6.07, 6.45) is 5.22. The van der Waals surface area contributed by atoms with E-state index in [4.69, 9.17) is 4.74 Å². The second kappa shape index (κ2) is 6.16. The topological polar surface area (TPSA) is 59.5 Å². The van der Waals surface area contributed by atoms with E-state index in [-0.39, 0.29) is 29.9 Å². The average Bonchev–Trinajstić information content (AvgIpc) is 2.72. The van der Waals surface area contributed by atoms with Gasteiger partial charge in [0.2, 0.25) is 15.9 Å². The Balaban J connectivity index is 1.69. The molecule has 2 fully saturated rings. The molecule has 0 saturated carbocycles. The third kappa shape index (κ3) is 3.27. The number of sulfonamides is 1. The van der Waals surface area contributed by atoms with Crippen LogP contribution in [0.5, 0.6) is 5.88 Å². The Morgan fingerprint density at radius 1 is 1.27 bits per heavy atom. The van der Waals surface area contributed by atoms with E-state index < -0.39 is 10.0 Å². The molecular weight excluding hydrogens is 300 g/mol. The molecule has 0 amide bonds. The highest BCUT2D eigenvalue weighted by atomic mass is 32.2. The Kier molecular flexibility index (Phi) is 4.41. The molecule has 22 heavy (non-hydrogen) atoms. The molecule has 0 aliphatic carbocycles. The van der Waals surface area contributed by atoms with Gasteiger partial charge in [0.05, 0.1) is 5.75 Å². The molecule has 0 N–H and O–H groups in total. The first-order valence-electron chi connectivity index (χ1n) is 8.04. The number of aromatic nitrogens is 1. The Hall–Kier alpha value is -1.14. The number of hydrogen-bond donors (Lipinski definition) is 0. The first-order valence-corrected chi connectivity index (χ1v) is 9.65. The fourth-order valence-electron chi connectivity index (χ4n) is 3.73. The van der Waals surface area contributed by atoms with E-state index in [1.165, 1.54) is 0 Å². The van der Waals surface area contributed by atoms with Gasteiger partial charge in [-0.25, -0.2) is 13.4 Å². The summed E-state index contributed by atoms with van der Waals surface area (Å²) in [4.78, 5) is 4.20. The van der Waals surface area contributed by atoms with Crippen LogP contribution < -0.4 is 4.74 Å². The molecule has 1 aromatic rings. The third-order valence-electron chi connectivity index (χ3n) is 4.41. The lowest BCUT2D eigenvalue weighted by Crippen LogP contribution is -2.50. The summed E-state index contributed by atoms with van der Waals surface area (Å²) in [7, 11) is -3.15. The van der Waals surface area contributed by atoms with Crippen molar-refractivity contribution in [3.05, 3.63) is 24.4 Å².